The van der Waals surface area contributed by atoms with E-state index in [9.17, 15) is 0 Å². The van der Waals surface area contributed by atoms with Crippen LogP contribution in [0.1, 0.15) is 35.6 Å². The van der Waals surface area contributed by atoms with E-state index in [0.29, 0.717) is 11.6 Å². The van der Waals surface area contributed by atoms with Gasteiger partial charge in [-0.15, -0.1) is 0 Å². The largest absolute Gasteiger partial charge is 0.454 e. The minimum Gasteiger partial charge on any atom is -0.454 e. The van der Waals surface area contributed by atoms with E-state index in [1.807, 2.05) is 25.1 Å². The zero-order valence-electron chi connectivity index (χ0n) is 14.1. The van der Waals surface area contributed by atoms with E-state index in [-0.39, 0.29) is 0 Å². The van der Waals surface area contributed by atoms with E-state index in [0.717, 1.165) is 41.1 Å². The highest BCUT2D eigenvalue weighted by molar-refractivity contribution is 6.32. The van der Waals surface area contributed by atoms with Crippen LogP contribution < -0.4 is 10.5 Å². The molecule has 0 saturated heterocycles. The van der Waals surface area contributed by atoms with Gasteiger partial charge in [0.1, 0.15) is 5.76 Å². The molecule has 2 aromatic carbocycles. The predicted octanol–water partition coefficient (Wildman–Crippen LogP) is 5.38. The maximum Gasteiger partial charge on any atom is 0.153 e. The Morgan fingerprint density at radius 2 is 2.00 bits per heavy atom. The fraction of sp³-hybridized carbons (Fsp3) is 0.238. The highest BCUT2D eigenvalue weighted by atomic mass is 35.5. The Hall–Kier alpha value is -2.03. The smallest absolute Gasteiger partial charge is 0.153 e. The first-order valence-electron chi connectivity index (χ1n) is 8.28. The second kappa shape index (κ2) is 7.25. The molecule has 2 N–H and O–H groups in total. The van der Waals surface area contributed by atoms with Gasteiger partial charge in [0, 0.05) is 11.1 Å². The van der Waals surface area contributed by atoms with Crippen LogP contribution in [0.5, 0.6) is 5.75 Å². The number of para-hydroxylation sites is 1. The summed E-state index contributed by atoms with van der Waals surface area (Å²) in [6, 6.07) is 12.3. The van der Waals surface area contributed by atoms with Gasteiger partial charge in [0.25, 0.3) is 0 Å². The molecule has 2 nitrogen and oxygen atoms in total. The molecule has 0 unspecified atom stereocenters. The van der Waals surface area contributed by atoms with Gasteiger partial charge >= 0.3 is 0 Å². The van der Waals surface area contributed by atoms with Gasteiger partial charge in [0.2, 0.25) is 0 Å². The van der Waals surface area contributed by atoms with Crippen LogP contribution in [0.25, 0.3) is 11.3 Å². The lowest BCUT2D eigenvalue weighted by atomic mass is 9.95. The van der Waals surface area contributed by atoms with E-state index < -0.39 is 0 Å². The molecule has 2 aromatic rings. The number of aryl methyl sites for hydroxylation is 2. The van der Waals surface area contributed by atoms with Gasteiger partial charge < -0.3 is 10.5 Å². The molecule has 0 atom stereocenters. The number of hydrogen-bond acceptors (Lipinski definition) is 2. The molecule has 1 aliphatic heterocycles. The van der Waals surface area contributed by atoms with E-state index in [1.165, 1.54) is 11.1 Å². The first kappa shape index (κ1) is 16.8. The molecular formula is C21H22ClNO. The van der Waals surface area contributed by atoms with Crippen molar-refractivity contribution in [3.05, 3.63) is 75.8 Å². The molecule has 0 fully saturated rings. The summed E-state index contributed by atoms with van der Waals surface area (Å²) in [6.45, 7) is 4.82. The number of fused-ring (bicyclic) bond motifs is 1. The lowest BCUT2D eigenvalue weighted by Crippen LogP contribution is -2.08. The molecule has 0 spiro atoms. The average molecular weight is 340 g/mol. The second-order valence-corrected chi connectivity index (χ2v) is 6.43. The normalized spacial score (nSPS) is 15.0. The molecule has 0 bridgehead atoms. The summed E-state index contributed by atoms with van der Waals surface area (Å²) in [5, 5.41) is 0.632. The zero-order chi connectivity index (χ0) is 17.1. The summed E-state index contributed by atoms with van der Waals surface area (Å²) in [4.78, 5) is 0. The Morgan fingerprint density at radius 1 is 1.17 bits per heavy atom. The summed E-state index contributed by atoms with van der Waals surface area (Å²) in [5.41, 5.74) is 11.5. The van der Waals surface area contributed by atoms with Crippen LogP contribution in [0.2, 0.25) is 5.02 Å². The van der Waals surface area contributed by atoms with Gasteiger partial charge in [-0.3, -0.25) is 0 Å². The van der Waals surface area contributed by atoms with Crippen molar-refractivity contribution in [2.45, 2.75) is 26.7 Å². The van der Waals surface area contributed by atoms with Crippen molar-refractivity contribution in [1.29, 1.82) is 0 Å². The van der Waals surface area contributed by atoms with E-state index in [1.54, 1.807) is 0 Å². The molecule has 0 amide bonds. The second-order valence-electron chi connectivity index (χ2n) is 6.02. The maximum atomic E-state index is 6.37. The summed E-state index contributed by atoms with van der Waals surface area (Å²) in [6.07, 6.45) is 6.08. The molecule has 0 aromatic heterocycles. The van der Waals surface area contributed by atoms with Crippen LogP contribution in [0.15, 0.2) is 48.6 Å². The van der Waals surface area contributed by atoms with Gasteiger partial charge in [-0.05, 0) is 56.5 Å². The van der Waals surface area contributed by atoms with E-state index in [2.05, 4.69) is 37.3 Å². The van der Waals surface area contributed by atoms with E-state index in [4.69, 9.17) is 22.1 Å². The highest BCUT2D eigenvalue weighted by Gasteiger charge is 2.21. The van der Waals surface area contributed by atoms with Crippen LogP contribution >= 0.6 is 11.6 Å². The standard InChI is InChI=1S/C21H22ClNO/c1-3-15-13-20(24-21-18(15)7-4-8-19(21)22)17-10-9-14(2)12-16(17)6-5-11-23/h3-4,7-10,12-13H,5-6,11,23H2,1-2H3/b15-3-. The number of allylic oxidation sites excluding steroid dienone is 3. The first-order chi connectivity index (χ1) is 11.6. The molecule has 24 heavy (non-hydrogen) atoms. The average Bonchev–Trinajstić information content (AvgIpc) is 2.59. The predicted molar refractivity (Wildman–Crippen MR) is 102 cm³/mol. The number of rotatable bonds is 4. The molecule has 1 aliphatic rings. The fourth-order valence-corrected chi connectivity index (χ4v) is 3.25. The fourth-order valence-electron chi connectivity index (χ4n) is 3.03. The van der Waals surface area contributed by atoms with Crippen molar-refractivity contribution < 1.29 is 4.74 Å². The number of nitrogens with two attached hydrogens (primary N) is 1. The Balaban J connectivity index is 2.08. The van der Waals surface area contributed by atoms with Crippen molar-refractivity contribution in [1.82, 2.24) is 0 Å². The van der Waals surface area contributed by atoms with Crippen molar-refractivity contribution >= 4 is 22.9 Å². The number of benzene rings is 2. The van der Waals surface area contributed by atoms with Crippen molar-refractivity contribution in [2.24, 2.45) is 5.73 Å². The molecule has 0 radical (unpaired) electrons. The van der Waals surface area contributed by atoms with Crippen LogP contribution in [0, 0.1) is 6.92 Å². The van der Waals surface area contributed by atoms with Crippen molar-refractivity contribution in [3.63, 3.8) is 0 Å². The van der Waals surface area contributed by atoms with Crippen molar-refractivity contribution in [3.8, 4) is 5.75 Å². The van der Waals surface area contributed by atoms with Crippen LogP contribution in [0.4, 0.5) is 0 Å². The number of hydrogen-bond donors (Lipinski definition) is 1. The zero-order valence-corrected chi connectivity index (χ0v) is 14.9. The third-order valence-electron chi connectivity index (χ3n) is 4.26. The summed E-state index contributed by atoms with van der Waals surface area (Å²) < 4.78 is 6.20. The summed E-state index contributed by atoms with van der Waals surface area (Å²) in [7, 11) is 0. The minimum atomic E-state index is 0.632. The first-order valence-corrected chi connectivity index (χ1v) is 8.66. The third-order valence-corrected chi connectivity index (χ3v) is 4.56. The third kappa shape index (κ3) is 3.26. The van der Waals surface area contributed by atoms with Gasteiger partial charge in [-0.1, -0.05) is 53.6 Å². The Bertz CT molecular complexity index is 821. The summed E-state index contributed by atoms with van der Waals surface area (Å²) in [5.74, 6) is 1.57. The van der Waals surface area contributed by atoms with Gasteiger partial charge in [0.05, 0.1) is 5.02 Å². The van der Waals surface area contributed by atoms with Crippen LogP contribution in [0.3, 0.4) is 0 Å². The molecule has 0 aliphatic carbocycles. The highest BCUT2D eigenvalue weighted by Crippen LogP contribution is 2.41. The lowest BCUT2D eigenvalue weighted by Gasteiger charge is -2.23. The van der Waals surface area contributed by atoms with Gasteiger partial charge in [-0.2, -0.15) is 0 Å². The molecule has 1 heterocycles. The van der Waals surface area contributed by atoms with Crippen LogP contribution in [-0.2, 0) is 6.42 Å². The molecule has 3 rings (SSSR count). The number of ether oxygens (including phenoxy) is 1. The van der Waals surface area contributed by atoms with Gasteiger partial charge in [-0.25, -0.2) is 0 Å². The van der Waals surface area contributed by atoms with Gasteiger partial charge in [0.15, 0.2) is 5.75 Å². The monoisotopic (exact) mass is 339 g/mol. The molecule has 0 saturated carbocycles. The molecule has 3 heteroatoms. The minimum absolute atomic E-state index is 0.632. The number of halogens is 1. The molecular weight excluding hydrogens is 318 g/mol. The van der Waals surface area contributed by atoms with Crippen molar-refractivity contribution in [2.75, 3.05) is 6.54 Å². The Kier molecular flexibility index (Phi) is 5.08. The Labute approximate surface area is 148 Å². The maximum absolute atomic E-state index is 6.37. The topological polar surface area (TPSA) is 35.2 Å². The Morgan fingerprint density at radius 3 is 2.75 bits per heavy atom. The lowest BCUT2D eigenvalue weighted by molar-refractivity contribution is 0.508. The summed E-state index contributed by atoms with van der Waals surface area (Å²) >= 11 is 6.37. The SMILES string of the molecule is C/C=C1/C=C(c2ccc(C)cc2CCCN)Oc2c(Cl)cccc21. The van der Waals surface area contributed by atoms with Crippen LogP contribution in [-0.4, -0.2) is 6.54 Å². The quantitative estimate of drug-likeness (QED) is 0.812. The molecule has 124 valence electrons. The van der Waals surface area contributed by atoms with E-state index >= 15 is 0 Å².